The summed E-state index contributed by atoms with van der Waals surface area (Å²) in [5.74, 6) is 6.10. The molecule has 1 aliphatic rings. The number of hydrogen-bond acceptors (Lipinski definition) is 0. The predicted octanol–water partition coefficient (Wildman–Crippen LogP) is 6.65. The van der Waals surface area contributed by atoms with Gasteiger partial charge in [-0.05, 0) is 59.7 Å². The molecule has 0 amide bonds. The van der Waals surface area contributed by atoms with E-state index in [1.807, 2.05) is 0 Å². The molecule has 1 saturated carbocycles. The summed E-state index contributed by atoms with van der Waals surface area (Å²) in [4.78, 5) is 0. The number of rotatable bonds is 6. The van der Waals surface area contributed by atoms with Crippen LogP contribution in [-0.4, -0.2) is 0 Å². The van der Waals surface area contributed by atoms with Crippen LogP contribution in [0, 0.1) is 46.8 Å². The maximum absolute atomic E-state index is 2.58. The lowest BCUT2D eigenvalue weighted by molar-refractivity contribution is 0.0418. The third kappa shape index (κ3) is 2.69. The summed E-state index contributed by atoms with van der Waals surface area (Å²) in [5.41, 5.74) is 0.569. The van der Waals surface area contributed by atoms with Crippen LogP contribution >= 0.6 is 0 Å². The molecule has 5 unspecified atom stereocenters. The van der Waals surface area contributed by atoms with Crippen molar-refractivity contribution >= 4 is 0 Å². The van der Waals surface area contributed by atoms with Gasteiger partial charge in [0.15, 0.2) is 0 Å². The van der Waals surface area contributed by atoms with Crippen LogP contribution < -0.4 is 0 Å². The van der Waals surface area contributed by atoms with Crippen LogP contribution in [-0.2, 0) is 0 Å². The quantitative estimate of drug-likeness (QED) is 0.511. The van der Waals surface area contributed by atoms with Crippen LogP contribution in [0.3, 0.4) is 0 Å². The van der Waals surface area contributed by atoms with Gasteiger partial charge in [0.05, 0.1) is 0 Å². The molecule has 20 heavy (non-hydrogen) atoms. The van der Waals surface area contributed by atoms with E-state index >= 15 is 0 Å². The van der Waals surface area contributed by atoms with Gasteiger partial charge in [0, 0.05) is 0 Å². The van der Waals surface area contributed by atoms with Crippen molar-refractivity contribution in [3.8, 4) is 0 Å². The molecule has 0 aromatic rings. The van der Waals surface area contributed by atoms with E-state index in [1.165, 1.54) is 19.3 Å². The summed E-state index contributed by atoms with van der Waals surface area (Å²) in [5, 5.41) is 0. The van der Waals surface area contributed by atoms with Gasteiger partial charge in [-0.25, -0.2) is 0 Å². The topological polar surface area (TPSA) is 0 Å². The summed E-state index contributed by atoms with van der Waals surface area (Å²) in [6.07, 6.45) is 4.14. The van der Waals surface area contributed by atoms with Gasteiger partial charge >= 0.3 is 0 Å². The Balaban J connectivity index is 3.34. The van der Waals surface area contributed by atoms with Crippen LogP contribution in [0.1, 0.15) is 81.6 Å². The Morgan fingerprint density at radius 1 is 0.850 bits per heavy atom. The fourth-order valence-electron chi connectivity index (χ4n) is 6.31. The molecule has 0 bridgehead atoms. The Bertz CT molecular complexity index is 288. The number of hydrogen-bond donors (Lipinski definition) is 0. The average molecular weight is 281 g/mol. The normalized spacial score (nSPS) is 38.4. The van der Waals surface area contributed by atoms with Crippen LogP contribution in [0.2, 0.25) is 0 Å². The van der Waals surface area contributed by atoms with Crippen LogP contribution in [0.5, 0.6) is 0 Å². The minimum Gasteiger partial charge on any atom is -0.0654 e. The second kappa shape index (κ2) is 6.84. The van der Waals surface area contributed by atoms with E-state index in [0.29, 0.717) is 5.41 Å². The molecule has 0 radical (unpaired) electrons. The van der Waals surface area contributed by atoms with Crippen molar-refractivity contribution in [1.82, 2.24) is 0 Å². The minimum atomic E-state index is 0.569. The summed E-state index contributed by atoms with van der Waals surface area (Å²) in [6.45, 7) is 22.3. The summed E-state index contributed by atoms with van der Waals surface area (Å²) in [6, 6.07) is 0. The Hall–Kier alpha value is 0. The molecular formula is C20H40. The average Bonchev–Trinajstić information content (AvgIpc) is 2.59. The van der Waals surface area contributed by atoms with Crippen molar-refractivity contribution in [2.45, 2.75) is 81.6 Å². The molecule has 0 aromatic carbocycles. The van der Waals surface area contributed by atoms with Gasteiger partial charge in [-0.1, -0.05) is 68.7 Å². The summed E-state index contributed by atoms with van der Waals surface area (Å²) < 4.78 is 0. The van der Waals surface area contributed by atoms with Crippen molar-refractivity contribution in [2.75, 3.05) is 0 Å². The maximum Gasteiger partial charge on any atom is -0.0217 e. The van der Waals surface area contributed by atoms with Gasteiger partial charge in [-0.15, -0.1) is 0 Å². The predicted molar refractivity (Wildman–Crippen MR) is 91.8 cm³/mol. The highest BCUT2D eigenvalue weighted by Crippen LogP contribution is 2.64. The third-order valence-electron chi connectivity index (χ3n) is 6.85. The van der Waals surface area contributed by atoms with Crippen molar-refractivity contribution in [2.24, 2.45) is 46.8 Å². The fraction of sp³-hybridized carbons (Fsp3) is 1.00. The zero-order valence-electron chi connectivity index (χ0n) is 15.7. The minimum absolute atomic E-state index is 0.569. The van der Waals surface area contributed by atoms with Crippen molar-refractivity contribution in [3.63, 3.8) is 0 Å². The standard InChI is InChI=1S/C20H40/c1-10-12-17-19(14(5)6)18(13(3)4)16(9)20(17,11-2)15(7)8/h13-19H,10-12H2,1-9H3. The highest BCUT2D eigenvalue weighted by atomic mass is 14.6. The lowest BCUT2D eigenvalue weighted by Crippen LogP contribution is -2.38. The molecule has 120 valence electrons. The van der Waals surface area contributed by atoms with Gasteiger partial charge in [-0.2, -0.15) is 0 Å². The van der Waals surface area contributed by atoms with Gasteiger partial charge in [0.1, 0.15) is 0 Å². The highest BCUT2D eigenvalue weighted by Gasteiger charge is 2.58. The van der Waals surface area contributed by atoms with Gasteiger partial charge in [0.25, 0.3) is 0 Å². The molecule has 1 aliphatic carbocycles. The molecule has 0 N–H and O–H groups in total. The first-order valence-electron chi connectivity index (χ1n) is 9.25. The van der Waals surface area contributed by atoms with Crippen LogP contribution in [0.25, 0.3) is 0 Å². The summed E-state index contributed by atoms with van der Waals surface area (Å²) >= 11 is 0. The van der Waals surface area contributed by atoms with Crippen molar-refractivity contribution in [1.29, 1.82) is 0 Å². The zero-order chi connectivity index (χ0) is 15.7. The molecule has 0 nitrogen and oxygen atoms in total. The van der Waals surface area contributed by atoms with Crippen molar-refractivity contribution in [3.05, 3.63) is 0 Å². The van der Waals surface area contributed by atoms with E-state index in [9.17, 15) is 0 Å². The van der Waals surface area contributed by atoms with Gasteiger partial charge < -0.3 is 0 Å². The molecule has 0 aliphatic heterocycles. The molecule has 1 rings (SSSR count). The Kier molecular flexibility index (Phi) is 6.17. The smallest absolute Gasteiger partial charge is 0.0217 e. The largest absolute Gasteiger partial charge is 0.0654 e. The van der Waals surface area contributed by atoms with E-state index in [2.05, 4.69) is 62.3 Å². The van der Waals surface area contributed by atoms with E-state index in [1.54, 1.807) is 0 Å². The first kappa shape index (κ1) is 18.1. The highest BCUT2D eigenvalue weighted by molar-refractivity contribution is 5.06. The fourth-order valence-corrected chi connectivity index (χ4v) is 6.31. The molecule has 1 fully saturated rings. The van der Waals surface area contributed by atoms with E-state index in [-0.39, 0.29) is 0 Å². The third-order valence-corrected chi connectivity index (χ3v) is 6.85. The molecule has 0 spiro atoms. The van der Waals surface area contributed by atoms with Crippen LogP contribution in [0.4, 0.5) is 0 Å². The Morgan fingerprint density at radius 2 is 1.35 bits per heavy atom. The Morgan fingerprint density at radius 3 is 1.65 bits per heavy atom. The molecule has 0 saturated heterocycles. The van der Waals surface area contributed by atoms with Gasteiger partial charge in [-0.3, -0.25) is 0 Å². The van der Waals surface area contributed by atoms with Gasteiger partial charge in [0.2, 0.25) is 0 Å². The van der Waals surface area contributed by atoms with E-state index in [0.717, 1.165) is 41.4 Å². The first-order chi connectivity index (χ1) is 9.25. The van der Waals surface area contributed by atoms with E-state index < -0.39 is 0 Å². The molecule has 0 aromatic heterocycles. The van der Waals surface area contributed by atoms with Crippen LogP contribution in [0.15, 0.2) is 0 Å². The van der Waals surface area contributed by atoms with Crippen molar-refractivity contribution < 1.29 is 0 Å². The monoisotopic (exact) mass is 280 g/mol. The lowest BCUT2D eigenvalue weighted by atomic mass is 9.60. The maximum atomic E-state index is 2.58. The lowest BCUT2D eigenvalue weighted by Gasteiger charge is -2.44. The molecule has 0 heteroatoms. The first-order valence-corrected chi connectivity index (χ1v) is 9.25. The Labute approximate surface area is 129 Å². The van der Waals surface area contributed by atoms with E-state index in [4.69, 9.17) is 0 Å². The molecule has 0 heterocycles. The molecular weight excluding hydrogens is 240 g/mol. The summed E-state index contributed by atoms with van der Waals surface area (Å²) in [7, 11) is 0. The second-order valence-corrected chi connectivity index (χ2v) is 8.45. The second-order valence-electron chi connectivity index (χ2n) is 8.45. The molecule has 5 atom stereocenters. The SMILES string of the molecule is CCCC1C(C(C)C)C(C(C)C)C(C)C1(CC)C(C)C. The zero-order valence-corrected chi connectivity index (χ0v) is 15.7.